The summed E-state index contributed by atoms with van der Waals surface area (Å²) in [5.74, 6) is -0.677. The molecule has 2 rings (SSSR count). The first kappa shape index (κ1) is 20.5. The number of urea groups is 1. The number of carbonyl (C=O) groups is 2. The minimum Gasteiger partial charge on any atom is -0.480 e. The Morgan fingerprint density at radius 3 is 2.59 bits per heavy atom. The van der Waals surface area contributed by atoms with Crippen LogP contribution in [0.25, 0.3) is 11.4 Å². The van der Waals surface area contributed by atoms with Gasteiger partial charge in [-0.05, 0) is 42.5 Å². The SMILES string of the molecule is NC(CCCCNC(=O)NCc1cccc(-c2nnc(Cl)nn2)c1)C(=O)O. The number of nitrogens with zero attached hydrogens (tertiary/aromatic N) is 4. The minimum atomic E-state index is -1.02. The maximum Gasteiger partial charge on any atom is 0.320 e. The van der Waals surface area contributed by atoms with Crippen LogP contribution < -0.4 is 16.4 Å². The van der Waals surface area contributed by atoms with Crippen molar-refractivity contribution in [3.05, 3.63) is 35.1 Å². The predicted octanol–water partition coefficient (Wildman–Crippen LogP) is 0.968. The molecule has 10 nitrogen and oxygen atoms in total. The maximum absolute atomic E-state index is 11.8. The van der Waals surface area contributed by atoms with Crippen LogP contribution in [-0.4, -0.2) is 50.1 Å². The van der Waals surface area contributed by atoms with E-state index in [0.29, 0.717) is 43.7 Å². The summed E-state index contributed by atoms with van der Waals surface area (Å²) >= 11 is 5.57. The second kappa shape index (κ2) is 10.3. The van der Waals surface area contributed by atoms with Crippen LogP contribution in [0.3, 0.4) is 0 Å². The topological polar surface area (TPSA) is 156 Å². The third kappa shape index (κ3) is 7.12. The smallest absolute Gasteiger partial charge is 0.320 e. The number of aromatic nitrogens is 4. The molecule has 5 N–H and O–H groups in total. The maximum atomic E-state index is 11.8. The second-order valence-electron chi connectivity index (χ2n) is 5.74. The molecule has 1 aromatic heterocycles. The summed E-state index contributed by atoms with van der Waals surface area (Å²) in [6, 6.07) is 6.12. The van der Waals surface area contributed by atoms with Crippen molar-refractivity contribution < 1.29 is 14.7 Å². The Labute approximate surface area is 160 Å². The summed E-state index contributed by atoms with van der Waals surface area (Å²) in [6.45, 7) is 0.756. The monoisotopic (exact) mass is 393 g/mol. The number of aliphatic carboxylic acids is 1. The minimum absolute atomic E-state index is 0.0295. The fourth-order valence-electron chi connectivity index (χ4n) is 2.21. The molecule has 0 aliphatic heterocycles. The molecule has 0 saturated carbocycles. The van der Waals surface area contributed by atoms with Gasteiger partial charge in [0.05, 0.1) is 0 Å². The third-order valence-electron chi connectivity index (χ3n) is 3.64. The van der Waals surface area contributed by atoms with Crippen molar-refractivity contribution >= 4 is 23.6 Å². The molecule has 0 aliphatic carbocycles. The number of rotatable bonds is 9. The molecular weight excluding hydrogens is 374 g/mol. The molecule has 0 saturated heterocycles. The Morgan fingerprint density at radius 1 is 1.15 bits per heavy atom. The van der Waals surface area contributed by atoms with E-state index < -0.39 is 12.0 Å². The van der Waals surface area contributed by atoms with E-state index >= 15 is 0 Å². The van der Waals surface area contributed by atoms with Crippen LogP contribution in [0.1, 0.15) is 24.8 Å². The first-order valence-electron chi connectivity index (χ1n) is 8.28. The van der Waals surface area contributed by atoms with Crippen molar-refractivity contribution in [2.45, 2.75) is 31.8 Å². The summed E-state index contributed by atoms with van der Waals surface area (Å²) in [4.78, 5) is 22.4. The lowest BCUT2D eigenvalue weighted by atomic mass is 10.1. The highest BCUT2D eigenvalue weighted by molar-refractivity contribution is 6.28. The van der Waals surface area contributed by atoms with Crippen LogP contribution in [0.2, 0.25) is 5.28 Å². The lowest BCUT2D eigenvalue weighted by molar-refractivity contribution is -0.138. The number of nitrogens with one attached hydrogen (secondary N) is 2. The highest BCUT2D eigenvalue weighted by atomic mass is 35.5. The summed E-state index contributed by atoms with van der Waals surface area (Å²) in [5, 5.41) is 29.1. The van der Waals surface area contributed by atoms with E-state index in [1.165, 1.54) is 0 Å². The molecule has 27 heavy (non-hydrogen) atoms. The molecule has 1 aromatic carbocycles. The van der Waals surface area contributed by atoms with Gasteiger partial charge in [-0.15, -0.1) is 20.4 Å². The number of nitrogens with two attached hydrogens (primary N) is 1. The molecule has 144 valence electrons. The van der Waals surface area contributed by atoms with E-state index in [9.17, 15) is 9.59 Å². The van der Waals surface area contributed by atoms with Crippen molar-refractivity contribution in [3.8, 4) is 11.4 Å². The number of halogens is 1. The normalized spacial score (nSPS) is 11.6. The molecule has 2 amide bonds. The largest absolute Gasteiger partial charge is 0.480 e. The van der Waals surface area contributed by atoms with Gasteiger partial charge in [-0.3, -0.25) is 4.79 Å². The van der Waals surface area contributed by atoms with Crippen molar-refractivity contribution in [2.75, 3.05) is 6.54 Å². The quantitative estimate of drug-likeness (QED) is 0.459. The second-order valence-corrected chi connectivity index (χ2v) is 6.08. The Hall–Kier alpha value is -2.85. The molecule has 0 radical (unpaired) electrons. The van der Waals surface area contributed by atoms with E-state index in [-0.39, 0.29) is 11.3 Å². The summed E-state index contributed by atoms with van der Waals surface area (Å²) in [6.07, 6.45) is 1.65. The standard InChI is InChI=1S/C16H20ClN7O3/c17-15-23-21-13(22-24-15)11-5-3-4-10(8-11)9-20-16(27)19-7-2-1-6-12(18)14(25)26/h3-5,8,12H,1-2,6-7,9,18H2,(H,25,26)(H2,19,20,27). The third-order valence-corrected chi connectivity index (χ3v) is 3.79. The van der Waals surface area contributed by atoms with Gasteiger partial charge in [0.1, 0.15) is 6.04 Å². The van der Waals surface area contributed by atoms with Gasteiger partial charge in [-0.2, -0.15) is 0 Å². The van der Waals surface area contributed by atoms with Crippen molar-refractivity contribution in [1.29, 1.82) is 0 Å². The van der Waals surface area contributed by atoms with Crippen molar-refractivity contribution in [3.63, 3.8) is 0 Å². The van der Waals surface area contributed by atoms with E-state index in [1.807, 2.05) is 18.2 Å². The molecule has 2 aromatic rings. The molecule has 0 bridgehead atoms. The predicted molar refractivity (Wildman–Crippen MR) is 97.8 cm³/mol. The van der Waals surface area contributed by atoms with Crippen LogP contribution >= 0.6 is 11.6 Å². The zero-order chi connectivity index (χ0) is 19.6. The fraction of sp³-hybridized carbons (Fsp3) is 0.375. The lowest BCUT2D eigenvalue weighted by Crippen LogP contribution is -2.35. The summed E-state index contributed by atoms with van der Waals surface area (Å²) in [5.41, 5.74) is 6.97. The number of hydrogen-bond donors (Lipinski definition) is 4. The average Bonchev–Trinajstić information content (AvgIpc) is 2.66. The van der Waals surface area contributed by atoms with Crippen LogP contribution in [0.5, 0.6) is 0 Å². The zero-order valence-corrected chi connectivity index (χ0v) is 15.2. The van der Waals surface area contributed by atoms with Gasteiger partial charge in [0, 0.05) is 18.7 Å². The molecule has 0 aliphatic rings. The van der Waals surface area contributed by atoms with E-state index in [1.54, 1.807) is 6.07 Å². The van der Waals surface area contributed by atoms with Crippen molar-refractivity contribution in [2.24, 2.45) is 5.73 Å². The van der Waals surface area contributed by atoms with Crippen LogP contribution in [0.4, 0.5) is 4.79 Å². The Balaban J connectivity index is 1.73. The number of unbranched alkanes of at least 4 members (excludes halogenated alkanes) is 1. The van der Waals surface area contributed by atoms with Crippen LogP contribution in [0.15, 0.2) is 24.3 Å². The Morgan fingerprint density at radius 2 is 1.89 bits per heavy atom. The van der Waals surface area contributed by atoms with Gasteiger partial charge in [0.2, 0.25) is 5.82 Å². The van der Waals surface area contributed by atoms with Gasteiger partial charge in [-0.1, -0.05) is 18.2 Å². The first-order valence-corrected chi connectivity index (χ1v) is 8.66. The average molecular weight is 394 g/mol. The van der Waals surface area contributed by atoms with Gasteiger partial charge in [0.15, 0.2) is 0 Å². The van der Waals surface area contributed by atoms with E-state index in [2.05, 4.69) is 31.0 Å². The number of amides is 2. The lowest BCUT2D eigenvalue weighted by Gasteiger charge is -2.09. The Kier molecular flexibility index (Phi) is 7.83. The summed E-state index contributed by atoms with van der Waals surface area (Å²) in [7, 11) is 0. The summed E-state index contributed by atoms with van der Waals surface area (Å²) < 4.78 is 0. The molecule has 0 fully saturated rings. The van der Waals surface area contributed by atoms with E-state index in [4.69, 9.17) is 22.4 Å². The zero-order valence-electron chi connectivity index (χ0n) is 14.4. The first-order chi connectivity index (χ1) is 13.0. The number of hydrogen-bond acceptors (Lipinski definition) is 7. The molecule has 1 heterocycles. The van der Waals surface area contributed by atoms with Gasteiger partial charge in [0.25, 0.3) is 5.28 Å². The highest BCUT2D eigenvalue weighted by Gasteiger charge is 2.10. The molecule has 11 heteroatoms. The molecule has 1 unspecified atom stereocenters. The highest BCUT2D eigenvalue weighted by Crippen LogP contribution is 2.15. The fourth-order valence-corrected chi connectivity index (χ4v) is 2.29. The van der Waals surface area contributed by atoms with Crippen LogP contribution in [0, 0.1) is 0 Å². The van der Waals surface area contributed by atoms with Gasteiger partial charge < -0.3 is 21.5 Å². The number of carboxylic acids is 1. The van der Waals surface area contributed by atoms with Crippen molar-refractivity contribution in [1.82, 2.24) is 31.0 Å². The van der Waals surface area contributed by atoms with Crippen LogP contribution in [-0.2, 0) is 11.3 Å². The van der Waals surface area contributed by atoms with E-state index in [0.717, 1.165) is 5.56 Å². The molecule has 0 spiro atoms. The number of carboxylic acid groups (broad SMARTS) is 1. The molecular formula is C16H20ClN7O3. The Bertz CT molecular complexity index is 773. The molecule has 1 atom stereocenters. The van der Waals surface area contributed by atoms with Gasteiger partial charge in [-0.25, -0.2) is 4.79 Å². The number of benzene rings is 1. The number of carbonyl (C=O) groups excluding carboxylic acids is 1. The van der Waals surface area contributed by atoms with Gasteiger partial charge >= 0.3 is 12.0 Å².